The number of carbonyl (C=O) groups excluding carboxylic acids is 1. The van der Waals surface area contributed by atoms with Crippen LogP contribution in [0.2, 0.25) is 19.6 Å². The first-order valence-electron chi connectivity index (χ1n) is 7.90. The predicted molar refractivity (Wildman–Crippen MR) is 93.5 cm³/mol. The van der Waals surface area contributed by atoms with E-state index in [1.165, 1.54) is 0 Å². The van der Waals surface area contributed by atoms with Crippen LogP contribution in [0.1, 0.15) is 52.4 Å². The highest BCUT2D eigenvalue weighted by molar-refractivity contribution is 6.83. The van der Waals surface area contributed by atoms with Gasteiger partial charge in [-0.05, 0) is 30.8 Å². The summed E-state index contributed by atoms with van der Waals surface area (Å²) in [4.78, 5) is 11.6. The Labute approximate surface area is 131 Å². The SMILES string of the molecule is CC1(C)CC(=O)C=C(C#CCCCCC#C[Si](C)(C)C)C1. The molecule has 0 aliphatic heterocycles. The maximum absolute atomic E-state index is 11.6. The molecule has 1 aliphatic rings. The van der Waals surface area contributed by atoms with E-state index in [0.717, 1.165) is 37.7 Å². The van der Waals surface area contributed by atoms with Crippen LogP contribution in [-0.4, -0.2) is 13.9 Å². The second kappa shape index (κ2) is 7.67. The van der Waals surface area contributed by atoms with Crippen molar-refractivity contribution in [2.45, 2.75) is 72.0 Å². The molecule has 0 aromatic rings. The van der Waals surface area contributed by atoms with Crippen LogP contribution >= 0.6 is 0 Å². The molecule has 0 atom stereocenters. The number of rotatable bonds is 3. The van der Waals surface area contributed by atoms with E-state index in [1.807, 2.05) is 0 Å². The third-order valence-corrected chi connectivity index (χ3v) is 4.15. The summed E-state index contributed by atoms with van der Waals surface area (Å²) in [6.07, 6.45) is 7.41. The molecule has 0 N–H and O–H groups in total. The van der Waals surface area contributed by atoms with Gasteiger partial charge in [-0.2, -0.15) is 0 Å². The van der Waals surface area contributed by atoms with Crippen LogP contribution in [0.4, 0.5) is 0 Å². The Morgan fingerprint density at radius 1 is 1.10 bits per heavy atom. The monoisotopic (exact) mass is 300 g/mol. The summed E-state index contributed by atoms with van der Waals surface area (Å²) >= 11 is 0. The van der Waals surface area contributed by atoms with Crippen molar-refractivity contribution < 1.29 is 4.79 Å². The second-order valence-electron chi connectivity index (χ2n) is 7.71. The van der Waals surface area contributed by atoms with Gasteiger partial charge < -0.3 is 0 Å². The van der Waals surface area contributed by atoms with E-state index in [4.69, 9.17) is 0 Å². The van der Waals surface area contributed by atoms with Crippen LogP contribution in [0, 0.1) is 28.7 Å². The molecule has 0 spiro atoms. The Bertz CT molecular complexity index is 524. The lowest BCUT2D eigenvalue weighted by Crippen LogP contribution is -2.21. The molecular formula is C19H28OSi. The molecule has 114 valence electrons. The molecule has 0 fully saturated rings. The molecular weight excluding hydrogens is 272 g/mol. The predicted octanol–water partition coefficient (Wildman–Crippen LogP) is 4.75. The minimum atomic E-state index is -1.20. The first kappa shape index (κ1) is 17.8. The van der Waals surface area contributed by atoms with E-state index in [0.29, 0.717) is 6.42 Å². The van der Waals surface area contributed by atoms with Gasteiger partial charge in [-0.1, -0.05) is 45.3 Å². The standard InChI is InChI=1S/C19H28OSi/c1-19(2)15-17(14-18(20)16-19)12-10-8-6-7-9-11-13-21(3,4)5/h14H,6-9,15-16H2,1-5H3. The summed E-state index contributed by atoms with van der Waals surface area (Å²) < 4.78 is 0. The highest BCUT2D eigenvalue weighted by Gasteiger charge is 2.26. The highest BCUT2D eigenvalue weighted by atomic mass is 28.3. The normalized spacial score (nSPS) is 17.2. The number of carbonyl (C=O) groups is 1. The van der Waals surface area contributed by atoms with E-state index in [-0.39, 0.29) is 11.2 Å². The van der Waals surface area contributed by atoms with E-state index >= 15 is 0 Å². The van der Waals surface area contributed by atoms with Crippen LogP contribution in [0.3, 0.4) is 0 Å². The molecule has 0 bridgehead atoms. The molecule has 0 unspecified atom stereocenters. The van der Waals surface area contributed by atoms with Gasteiger partial charge in [0.15, 0.2) is 5.78 Å². The average Bonchev–Trinajstić information content (AvgIpc) is 2.28. The summed E-state index contributed by atoms with van der Waals surface area (Å²) in [5, 5.41) is 0. The summed E-state index contributed by atoms with van der Waals surface area (Å²) in [7, 11) is -1.20. The molecule has 1 rings (SSSR count). The van der Waals surface area contributed by atoms with Gasteiger partial charge in [-0.3, -0.25) is 4.79 Å². The third-order valence-electron chi connectivity index (χ3n) is 3.22. The summed E-state index contributed by atoms with van der Waals surface area (Å²) in [5.74, 6) is 9.90. The van der Waals surface area contributed by atoms with Gasteiger partial charge in [-0.15, -0.1) is 11.5 Å². The van der Waals surface area contributed by atoms with Crippen LogP contribution in [-0.2, 0) is 4.79 Å². The third kappa shape index (κ3) is 8.59. The number of hydrogen-bond donors (Lipinski definition) is 0. The van der Waals surface area contributed by atoms with Crippen molar-refractivity contribution in [3.63, 3.8) is 0 Å². The Kier molecular flexibility index (Phi) is 6.50. The molecule has 1 nitrogen and oxygen atoms in total. The van der Waals surface area contributed by atoms with Crippen molar-refractivity contribution in [1.82, 2.24) is 0 Å². The van der Waals surface area contributed by atoms with Crippen LogP contribution < -0.4 is 0 Å². The largest absolute Gasteiger partial charge is 0.295 e. The number of allylic oxidation sites excluding steroid dienone is 2. The van der Waals surface area contributed by atoms with Gasteiger partial charge in [0.25, 0.3) is 0 Å². The Morgan fingerprint density at radius 3 is 2.29 bits per heavy atom. The van der Waals surface area contributed by atoms with Crippen LogP contribution in [0.25, 0.3) is 0 Å². The van der Waals surface area contributed by atoms with Crippen LogP contribution in [0.5, 0.6) is 0 Å². The average molecular weight is 301 g/mol. The van der Waals surface area contributed by atoms with Crippen molar-refractivity contribution in [2.75, 3.05) is 0 Å². The first-order valence-corrected chi connectivity index (χ1v) is 11.4. The molecule has 0 aromatic heterocycles. The summed E-state index contributed by atoms with van der Waals surface area (Å²) in [5.41, 5.74) is 4.47. The first-order chi connectivity index (χ1) is 9.68. The van der Waals surface area contributed by atoms with Crippen molar-refractivity contribution >= 4 is 13.9 Å². The minimum absolute atomic E-state index is 0.0717. The quantitative estimate of drug-likeness (QED) is 0.418. The van der Waals surface area contributed by atoms with E-state index in [1.54, 1.807) is 6.08 Å². The fourth-order valence-corrected chi connectivity index (χ4v) is 3.01. The van der Waals surface area contributed by atoms with Gasteiger partial charge in [-0.25, -0.2) is 0 Å². The fraction of sp³-hybridized carbons (Fsp3) is 0.632. The zero-order valence-corrected chi connectivity index (χ0v) is 15.2. The van der Waals surface area contributed by atoms with Crippen molar-refractivity contribution in [2.24, 2.45) is 5.41 Å². The van der Waals surface area contributed by atoms with Gasteiger partial charge in [0.05, 0.1) is 0 Å². The van der Waals surface area contributed by atoms with Gasteiger partial charge >= 0.3 is 0 Å². The fourth-order valence-electron chi connectivity index (χ4n) is 2.36. The van der Waals surface area contributed by atoms with Crippen molar-refractivity contribution in [1.29, 1.82) is 0 Å². The summed E-state index contributed by atoms with van der Waals surface area (Å²) in [6, 6.07) is 0. The maximum atomic E-state index is 11.6. The lowest BCUT2D eigenvalue weighted by atomic mass is 9.77. The zero-order valence-electron chi connectivity index (χ0n) is 14.2. The lowest BCUT2D eigenvalue weighted by molar-refractivity contribution is -0.116. The van der Waals surface area contributed by atoms with Crippen molar-refractivity contribution in [3.05, 3.63) is 11.6 Å². The Morgan fingerprint density at radius 2 is 1.71 bits per heavy atom. The van der Waals surface area contributed by atoms with Gasteiger partial charge in [0.2, 0.25) is 0 Å². The van der Waals surface area contributed by atoms with E-state index in [2.05, 4.69) is 56.8 Å². The number of hydrogen-bond acceptors (Lipinski definition) is 1. The molecule has 0 aromatic carbocycles. The highest BCUT2D eigenvalue weighted by Crippen LogP contribution is 2.33. The van der Waals surface area contributed by atoms with Gasteiger partial charge in [0.1, 0.15) is 8.07 Å². The minimum Gasteiger partial charge on any atom is -0.295 e. The van der Waals surface area contributed by atoms with E-state index < -0.39 is 8.07 Å². The second-order valence-corrected chi connectivity index (χ2v) is 12.5. The smallest absolute Gasteiger partial charge is 0.157 e. The summed E-state index contributed by atoms with van der Waals surface area (Å²) in [6.45, 7) is 11.1. The molecule has 0 amide bonds. The molecule has 2 heteroatoms. The van der Waals surface area contributed by atoms with E-state index in [9.17, 15) is 4.79 Å². The topological polar surface area (TPSA) is 17.1 Å². The maximum Gasteiger partial charge on any atom is 0.157 e. The van der Waals surface area contributed by atoms with Crippen LogP contribution in [0.15, 0.2) is 11.6 Å². The lowest BCUT2D eigenvalue weighted by Gasteiger charge is -2.26. The Balaban J connectivity index is 2.31. The molecule has 0 radical (unpaired) electrons. The molecule has 0 saturated carbocycles. The van der Waals surface area contributed by atoms with Gasteiger partial charge in [0, 0.05) is 24.8 Å². The number of ketones is 1. The molecule has 0 heterocycles. The molecule has 21 heavy (non-hydrogen) atoms. The zero-order chi connectivity index (χ0) is 15.9. The molecule has 0 saturated heterocycles. The Hall–Kier alpha value is -1.25. The van der Waals surface area contributed by atoms with Crippen molar-refractivity contribution in [3.8, 4) is 23.3 Å². The number of unbranched alkanes of at least 4 members (excludes halogenated alkanes) is 3. The molecule has 1 aliphatic carbocycles.